The van der Waals surface area contributed by atoms with Gasteiger partial charge in [0.1, 0.15) is 6.61 Å². The molecule has 0 unspecified atom stereocenters. The van der Waals surface area contributed by atoms with Crippen LogP contribution in [0, 0.1) is 0 Å². The van der Waals surface area contributed by atoms with Gasteiger partial charge in [-0.1, -0.05) is 38.1 Å². The van der Waals surface area contributed by atoms with Gasteiger partial charge >= 0.3 is 0 Å². The Bertz CT molecular complexity index is 369. The van der Waals surface area contributed by atoms with E-state index in [1.807, 2.05) is 45.0 Å². The zero-order valence-corrected chi connectivity index (χ0v) is 11.4. The van der Waals surface area contributed by atoms with Gasteiger partial charge in [0, 0.05) is 5.56 Å². The second kappa shape index (κ2) is 5.46. The molecule has 0 aromatic heterocycles. The smallest absolute Gasteiger partial charge is 0.188 e. The van der Waals surface area contributed by atoms with E-state index >= 15 is 0 Å². The van der Waals surface area contributed by atoms with Crippen LogP contribution in [-0.2, 0) is 4.74 Å². The Balaban J connectivity index is 2.64. The van der Waals surface area contributed by atoms with Gasteiger partial charge in [0.2, 0.25) is 0 Å². The molecule has 0 atom stereocenters. The molecular weight excluding hydrogens is 212 g/mol. The van der Waals surface area contributed by atoms with Crippen LogP contribution in [0.25, 0.3) is 0 Å². The zero-order valence-electron chi connectivity index (χ0n) is 11.4. The van der Waals surface area contributed by atoms with Crippen molar-refractivity contribution in [1.29, 1.82) is 0 Å². The van der Waals surface area contributed by atoms with Gasteiger partial charge in [-0.3, -0.25) is 4.79 Å². The lowest BCUT2D eigenvalue weighted by atomic mass is 10.0. The molecule has 17 heavy (non-hydrogen) atoms. The molecule has 0 saturated carbocycles. The highest BCUT2D eigenvalue weighted by Crippen LogP contribution is 2.15. The number of benzene rings is 1. The standard InChI is InChI=1S/C15H22O2/c1-11(2)12-6-8-13(9-7-12)14(16)10-17-15(3,4)5/h6-9,11H,10H2,1-5H3. The first-order chi connectivity index (χ1) is 7.79. The van der Waals surface area contributed by atoms with Crippen LogP contribution in [0.1, 0.15) is 56.5 Å². The number of carbonyl (C=O) groups is 1. The average Bonchev–Trinajstić information content (AvgIpc) is 2.25. The van der Waals surface area contributed by atoms with E-state index in [1.54, 1.807) is 0 Å². The van der Waals surface area contributed by atoms with E-state index in [2.05, 4.69) is 13.8 Å². The summed E-state index contributed by atoms with van der Waals surface area (Å²) in [5, 5.41) is 0. The van der Waals surface area contributed by atoms with Crippen molar-refractivity contribution in [2.75, 3.05) is 6.61 Å². The summed E-state index contributed by atoms with van der Waals surface area (Å²) in [6.45, 7) is 10.3. The number of carbonyl (C=O) groups excluding carboxylic acids is 1. The number of rotatable bonds is 4. The van der Waals surface area contributed by atoms with Crippen molar-refractivity contribution in [2.45, 2.75) is 46.1 Å². The van der Waals surface area contributed by atoms with Gasteiger partial charge in [-0.05, 0) is 32.3 Å². The fraction of sp³-hybridized carbons (Fsp3) is 0.533. The van der Waals surface area contributed by atoms with Crippen LogP contribution in [0.2, 0.25) is 0 Å². The number of Topliss-reactive ketones (excluding diaryl/α,β-unsaturated/α-hetero) is 1. The fourth-order valence-electron chi connectivity index (χ4n) is 1.42. The van der Waals surface area contributed by atoms with Gasteiger partial charge in [-0.25, -0.2) is 0 Å². The van der Waals surface area contributed by atoms with Crippen LogP contribution in [0.3, 0.4) is 0 Å². The topological polar surface area (TPSA) is 26.3 Å². The maximum atomic E-state index is 11.8. The summed E-state index contributed by atoms with van der Waals surface area (Å²) in [4.78, 5) is 11.8. The van der Waals surface area contributed by atoms with Gasteiger partial charge in [0.25, 0.3) is 0 Å². The Morgan fingerprint density at radius 2 is 1.71 bits per heavy atom. The first kappa shape index (κ1) is 13.9. The highest BCUT2D eigenvalue weighted by molar-refractivity contribution is 5.97. The number of ketones is 1. The van der Waals surface area contributed by atoms with E-state index in [-0.39, 0.29) is 18.0 Å². The van der Waals surface area contributed by atoms with E-state index in [9.17, 15) is 4.79 Å². The molecule has 0 fully saturated rings. The lowest BCUT2D eigenvalue weighted by molar-refractivity contribution is 0.00306. The van der Waals surface area contributed by atoms with E-state index < -0.39 is 0 Å². The van der Waals surface area contributed by atoms with E-state index in [0.29, 0.717) is 5.92 Å². The highest BCUT2D eigenvalue weighted by Gasteiger charge is 2.14. The van der Waals surface area contributed by atoms with Crippen LogP contribution in [0.4, 0.5) is 0 Å². The van der Waals surface area contributed by atoms with Gasteiger partial charge in [-0.2, -0.15) is 0 Å². The minimum atomic E-state index is -0.270. The van der Waals surface area contributed by atoms with Crippen LogP contribution < -0.4 is 0 Å². The minimum Gasteiger partial charge on any atom is -0.368 e. The van der Waals surface area contributed by atoms with Gasteiger partial charge < -0.3 is 4.74 Å². The van der Waals surface area contributed by atoms with Crippen molar-refractivity contribution in [3.8, 4) is 0 Å². The first-order valence-electron chi connectivity index (χ1n) is 6.07. The van der Waals surface area contributed by atoms with E-state index in [1.165, 1.54) is 5.56 Å². The zero-order chi connectivity index (χ0) is 13.1. The summed E-state index contributed by atoms with van der Waals surface area (Å²) in [7, 11) is 0. The minimum absolute atomic E-state index is 0.0373. The summed E-state index contributed by atoms with van der Waals surface area (Å²) >= 11 is 0. The van der Waals surface area contributed by atoms with Gasteiger partial charge in [-0.15, -0.1) is 0 Å². The van der Waals surface area contributed by atoms with E-state index in [4.69, 9.17) is 4.74 Å². The molecule has 2 nitrogen and oxygen atoms in total. The average molecular weight is 234 g/mol. The molecule has 0 heterocycles. The maximum absolute atomic E-state index is 11.8. The van der Waals surface area contributed by atoms with Crippen LogP contribution in [0.15, 0.2) is 24.3 Å². The SMILES string of the molecule is CC(C)c1ccc(C(=O)COC(C)(C)C)cc1. The summed E-state index contributed by atoms with van der Waals surface area (Å²) in [6, 6.07) is 7.78. The van der Waals surface area contributed by atoms with Crippen molar-refractivity contribution in [2.24, 2.45) is 0 Å². The quantitative estimate of drug-likeness (QED) is 0.740. The Hall–Kier alpha value is -1.15. The maximum Gasteiger partial charge on any atom is 0.188 e. The second-order valence-corrected chi connectivity index (χ2v) is 5.60. The lowest BCUT2D eigenvalue weighted by Gasteiger charge is -2.18. The summed E-state index contributed by atoms with van der Waals surface area (Å²) < 4.78 is 5.47. The molecule has 0 N–H and O–H groups in total. The van der Waals surface area contributed by atoms with Crippen LogP contribution >= 0.6 is 0 Å². The molecule has 1 aromatic rings. The van der Waals surface area contributed by atoms with Crippen molar-refractivity contribution in [1.82, 2.24) is 0 Å². The first-order valence-corrected chi connectivity index (χ1v) is 6.07. The van der Waals surface area contributed by atoms with Gasteiger partial charge in [0.05, 0.1) is 5.60 Å². The fourth-order valence-corrected chi connectivity index (χ4v) is 1.42. The van der Waals surface area contributed by atoms with Crippen molar-refractivity contribution in [3.63, 3.8) is 0 Å². The third-order valence-corrected chi connectivity index (χ3v) is 2.54. The molecule has 0 aliphatic heterocycles. The molecule has 0 amide bonds. The molecule has 1 aromatic carbocycles. The van der Waals surface area contributed by atoms with Crippen molar-refractivity contribution >= 4 is 5.78 Å². The van der Waals surface area contributed by atoms with Crippen LogP contribution in [-0.4, -0.2) is 18.0 Å². The normalized spacial score (nSPS) is 11.9. The monoisotopic (exact) mass is 234 g/mol. The molecule has 0 aliphatic carbocycles. The highest BCUT2D eigenvalue weighted by atomic mass is 16.5. The molecular formula is C15H22O2. The Labute approximate surface area is 104 Å². The molecule has 0 bridgehead atoms. The van der Waals surface area contributed by atoms with Gasteiger partial charge in [0.15, 0.2) is 5.78 Å². The predicted octanol–water partition coefficient (Wildman–Crippen LogP) is 3.81. The summed E-state index contributed by atoms with van der Waals surface area (Å²) in [6.07, 6.45) is 0. The molecule has 0 aliphatic rings. The van der Waals surface area contributed by atoms with E-state index in [0.717, 1.165) is 5.56 Å². The largest absolute Gasteiger partial charge is 0.368 e. The summed E-state index contributed by atoms with van der Waals surface area (Å²) in [5.41, 5.74) is 1.70. The summed E-state index contributed by atoms with van der Waals surface area (Å²) in [5.74, 6) is 0.528. The molecule has 0 saturated heterocycles. The Morgan fingerprint density at radius 1 is 1.18 bits per heavy atom. The number of ether oxygens (including phenoxy) is 1. The van der Waals surface area contributed by atoms with Crippen molar-refractivity contribution < 1.29 is 9.53 Å². The lowest BCUT2D eigenvalue weighted by Crippen LogP contribution is -2.23. The van der Waals surface area contributed by atoms with Crippen molar-refractivity contribution in [3.05, 3.63) is 35.4 Å². The predicted molar refractivity (Wildman–Crippen MR) is 70.6 cm³/mol. The number of hydrogen-bond donors (Lipinski definition) is 0. The Kier molecular flexibility index (Phi) is 4.47. The molecule has 0 radical (unpaired) electrons. The molecule has 2 heteroatoms. The van der Waals surface area contributed by atoms with Crippen LogP contribution in [0.5, 0.6) is 0 Å². The second-order valence-electron chi connectivity index (χ2n) is 5.60. The molecule has 0 spiro atoms. The third kappa shape index (κ3) is 4.70. The third-order valence-electron chi connectivity index (χ3n) is 2.54. The molecule has 94 valence electrons. The molecule has 1 rings (SSSR count). The number of hydrogen-bond acceptors (Lipinski definition) is 2. The Morgan fingerprint density at radius 3 is 2.12 bits per heavy atom.